The summed E-state index contributed by atoms with van der Waals surface area (Å²) in [5, 5.41) is 0. The summed E-state index contributed by atoms with van der Waals surface area (Å²) >= 11 is 0. The van der Waals surface area contributed by atoms with Gasteiger partial charge in [0.05, 0.1) is 0 Å². The molecular weight excluding hydrogens is 973 g/mol. The largest absolute Gasteiger partial charge is 0.462 e. The van der Waals surface area contributed by atoms with Crippen molar-refractivity contribution >= 4 is 17.9 Å². The van der Waals surface area contributed by atoms with Crippen LogP contribution in [-0.2, 0) is 28.6 Å². The highest BCUT2D eigenvalue weighted by atomic mass is 16.6. The molecule has 0 N–H and O–H groups in total. The molecule has 0 fully saturated rings. The third kappa shape index (κ3) is 66.6. The van der Waals surface area contributed by atoms with Crippen molar-refractivity contribution in [3.8, 4) is 0 Å². The number of carbonyl (C=O) groups is 3. The zero-order valence-electron chi connectivity index (χ0n) is 53.7. The lowest BCUT2D eigenvalue weighted by Crippen LogP contribution is -2.30. The Kier molecular flexibility index (Phi) is 66.6. The molecule has 0 aliphatic rings. The topological polar surface area (TPSA) is 78.9 Å². The van der Waals surface area contributed by atoms with Crippen LogP contribution in [0.15, 0.2) is 24.3 Å². The minimum atomic E-state index is -0.770. The molecule has 1 unspecified atom stereocenters. The fraction of sp³-hybridized carbons (Fsp3) is 0.904. The number of unbranched alkanes of at least 4 members (excludes halogenated alkanes) is 52. The number of allylic oxidation sites excluding steroid dienone is 4. The molecule has 466 valence electrons. The maximum atomic E-state index is 13.0. The fourth-order valence-electron chi connectivity index (χ4n) is 11.0. The summed E-state index contributed by atoms with van der Waals surface area (Å²) in [6.45, 7) is 6.72. The predicted octanol–water partition coefficient (Wildman–Crippen LogP) is 24.6. The van der Waals surface area contributed by atoms with Gasteiger partial charge in [-0.25, -0.2) is 0 Å². The van der Waals surface area contributed by atoms with E-state index in [0.717, 1.165) is 57.8 Å². The zero-order valence-corrected chi connectivity index (χ0v) is 53.7. The Labute approximate surface area is 493 Å². The summed E-state index contributed by atoms with van der Waals surface area (Å²) in [6, 6.07) is 0. The number of rotatable bonds is 67. The van der Waals surface area contributed by atoms with E-state index in [4.69, 9.17) is 14.2 Å². The van der Waals surface area contributed by atoms with Gasteiger partial charge in [0.1, 0.15) is 13.2 Å². The van der Waals surface area contributed by atoms with Crippen LogP contribution in [0.2, 0.25) is 0 Å². The van der Waals surface area contributed by atoms with Gasteiger partial charge in [-0.05, 0) is 70.6 Å². The summed E-state index contributed by atoms with van der Waals surface area (Å²) in [6.07, 6.45) is 83.5. The second-order valence-corrected chi connectivity index (χ2v) is 24.5. The van der Waals surface area contributed by atoms with Crippen LogP contribution in [0.5, 0.6) is 0 Å². The first kappa shape index (κ1) is 76.9. The highest BCUT2D eigenvalue weighted by Crippen LogP contribution is 2.18. The fourth-order valence-corrected chi connectivity index (χ4v) is 11.0. The minimum absolute atomic E-state index is 0.0660. The van der Waals surface area contributed by atoms with Crippen LogP contribution >= 0.6 is 0 Å². The lowest BCUT2D eigenvalue weighted by molar-refractivity contribution is -0.167. The first-order valence-corrected chi connectivity index (χ1v) is 35.8. The highest BCUT2D eigenvalue weighted by Gasteiger charge is 2.19. The number of ether oxygens (including phenoxy) is 3. The lowest BCUT2D eigenvalue weighted by Gasteiger charge is -2.18. The lowest BCUT2D eigenvalue weighted by atomic mass is 10.0. The molecule has 79 heavy (non-hydrogen) atoms. The minimum Gasteiger partial charge on any atom is -0.462 e. The summed E-state index contributed by atoms with van der Waals surface area (Å²) in [5.74, 6) is -0.835. The molecule has 0 heterocycles. The molecule has 0 saturated heterocycles. The van der Waals surface area contributed by atoms with E-state index >= 15 is 0 Å². The predicted molar refractivity (Wildman–Crippen MR) is 344 cm³/mol. The van der Waals surface area contributed by atoms with Gasteiger partial charge in [-0.1, -0.05) is 340 Å². The van der Waals surface area contributed by atoms with Crippen molar-refractivity contribution in [1.29, 1.82) is 0 Å². The molecule has 0 spiro atoms. The Balaban J connectivity index is 4.26. The Morgan fingerprint density at radius 1 is 0.241 bits per heavy atom. The molecule has 0 aromatic heterocycles. The SMILES string of the molecule is CCCCCCCCCC/C=C\CCCCCCCCCCCCCCCC(=O)OCC(COC(=O)CCCCCCCCCCCCCCCCC)OC(=O)CCCCCCCCCCC/C=C\CCCCCCCCCC. The third-order valence-corrected chi connectivity index (χ3v) is 16.4. The van der Waals surface area contributed by atoms with Gasteiger partial charge < -0.3 is 14.2 Å². The second kappa shape index (κ2) is 68.4. The summed E-state index contributed by atoms with van der Waals surface area (Å²) in [5.41, 5.74) is 0. The molecule has 6 heteroatoms. The van der Waals surface area contributed by atoms with Crippen molar-refractivity contribution in [3.05, 3.63) is 24.3 Å². The molecule has 0 aromatic carbocycles. The number of esters is 3. The Bertz CT molecular complexity index is 1270. The Morgan fingerprint density at radius 2 is 0.418 bits per heavy atom. The van der Waals surface area contributed by atoms with Gasteiger partial charge in [0.25, 0.3) is 0 Å². The maximum absolute atomic E-state index is 13.0. The van der Waals surface area contributed by atoms with Crippen LogP contribution in [0.4, 0.5) is 0 Å². The first-order chi connectivity index (χ1) is 39.0. The highest BCUT2D eigenvalue weighted by molar-refractivity contribution is 5.71. The van der Waals surface area contributed by atoms with Crippen molar-refractivity contribution in [1.82, 2.24) is 0 Å². The van der Waals surface area contributed by atoms with Crippen molar-refractivity contribution in [2.24, 2.45) is 0 Å². The van der Waals surface area contributed by atoms with E-state index in [2.05, 4.69) is 45.1 Å². The van der Waals surface area contributed by atoms with E-state index in [1.54, 1.807) is 0 Å². The van der Waals surface area contributed by atoms with E-state index < -0.39 is 6.10 Å². The average molecular weight is 1110 g/mol. The Hall–Kier alpha value is -2.11. The Morgan fingerprint density at radius 3 is 0.633 bits per heavy atom. The van der Waals surface area contributed by atoms with Crippen LogP contribution in [0.1, 0.15) is 406 Å². The van der Waals surface area contributed by atoms with E-state index in [-0.39, 0.29) is 31.1 Å². The van der Waals surface area contributed by atoms with E-state index in [1.165, 1.54) is 308 Å². The van der Waals surface area contributed by atoms with Crippen molar-refractivity contribution in [2.75, 3.05) is 13.2 Å². The van der Waals surface area contributed by atoms with Gasteiger partial charge in [-0.2, -0.15) is 0 Å². The first-order valence-electron chi connectivity index (χ1n) is 35.8. The van der Waals surface area contributed by atoms with E-state index in [1.807, 2.05) is 0 Å². The van der Waals surface area contributed by atoms with Gasteiger partial charge >= 0.3 is 17.9 Å². The van der Waals surface area contributed by atoms with E-state index in [0.29, 0.717) is 19.3 Å². The standard InChI is InChI=1S/C73H138O6/c1-4-7-10-13-16-19-22-25-28-30-32-34-35-36-37-39-40-42-45-48-51-54-57-60-63-66-72(75)78-69-70(68-77-71(74)65-62-59-56-53-50-47-44-27-24-21-18-15-12-9-6-3)79-73(76)67-64-61-58-55-52-49-46-43-41-38-33-31-29-26-23-20-17-14-11-8-5-2/h30-33,70H,4-29,34-69H2,1-3H3/b32-30-,33-31-. The van der Waals surface area contributed by atoms with Gasteiger partial charge in [0, 0.05) is 19.3 Å². The summed E-state index contributed by atoms with van der Waals surface area (Å²) < 4.78 is 17.0. The van der Waals surface area contributed by atoms with Gasteiger partial charge in [0.2, 0.25) is 0 Å². The zero-order chi connectivity index (χ0) is 57.1. The van der Waals surface area contributed by atoms with Crippen LogP contribution < -0.4 is 0 Å². The molecule has 0 amide bonds. The summed E-state index contributed by atoms with van der Waals surface area (Å²) in [4.78, 5) is 38.5. The molecular formula is C73H138O6. The number of hydrogen-bond donors (Lipinski definition) is 0. The molecule has 1 atom stereocenters. The normalized spacial score (nSPS) is 12.1. The van der Waals surface area contributed by atoms with Crippen LogP contribution in [-0.4, -0.2) is 37.2 Å². The van der Waals surface area contributed by atoms with Gasteiger partial charge in [-0.15, -0.1) is 0 Å². The third-order valence-electron chi connectivity index (χ3n) is 16.4. The average Bonchev–Trinajstić information content (AvgIpc) is 3.45. The van der Waals surface area contributed by atoms with E-state index in [9.17, 15) is 14.4 Å². The molecule has 0 rings (SSSR count). The molecule has 0 bridgehead atoms. The van der Waals surface area contributed by atoms with Crippen LogP contribution in [0.25, 0.3) is 0 Å². The number of carbonyl (C=O) groups excluding carboxylic acids is 3. The number of hydrogen-bond acceptors (Lipinski definition) is 6. The molecule has 0 aromatic rings. The van der Waals surface area contributed by atoms with Gasteiger partial charge in [0.15, 0.2) is 6.10 Å². The molecule has 0 saturated carbocycles. The smallest absolute Gasteiger partial charge is 0.306 e. The molecule has 6 nitrogen and oxygen atoms in total. The van der Waals surface area contributed by atoms with Crippen molar-refractivity contribution in [2.45, 2.75) is 412 Å². The van der Waals surface area contributed by atoms with Crippen molar-refractivity contribution in [3.63, 3.8) is 0 Å². The van der Waals surface area contributed by atoms with Crippen molar-refractivity contribution < 1.29 is 28.6 Å². The quantitative estimate of drug-likeness (QED) is 0.0261. The molecule has 0 radical (unpaired) electrons. The summed E-state index contributed by atoms with van der Waals surface area (Å²) in [7, 11) is 0. The molecule has 0 aliphatic heterocycles. The van der Waals surface area contributed by atoms with Crippen LogP contribution in [0, 0.1) is 0 Å². The second-order valence-electron chi connectivity index (χ2n) is 24.5. The monoisotopic (exact) mass is 1110 g/mol. The molecule has 0 aliphatic carbocycles. The van der Waals surface area contributed by atoms with Crippen LogP contribution in [0.3, 0.4) is 0 Å². The van der Waals surface area contributed by atoms with Gasteiger partial charge in [-0.3, -0.25) is 14.4 Å². The maximum Gasteiger partial charge on any atom is 0.306 e.